The van der Waals surface area contributed by atoms with Crippen LogP contribution in [0.1, 0.15) is 49.4 Å². The molecule has 1 aliphatic carbocycles. The lowest BCUT2D eigenvalue weighted by Crippen LogP contribution is -2.34. The van der Waals surface area contributed by atoms with Crippen LogP contribution in [-0.4, -0.2) is 36.3 Å². The molecule has 22 heavy (non-hydrogen) atoms. The Morgan fingerprint density at radius 1 is 1.23 bits per heavy atom. The molecule has 4 heteroatoms. The van der Waals surface area contributed by atoms with Crippen LogP contribution in [0.4, 0.5) is 0 Å². The molecule has 0 bridgehead atoms. The molecule has 0 atom stereocenters. The average molecular weight is 302 g/mol. The lowest BCUT2D eigenvalue weighted by Gasteiger charge is -2.22. The second kappa shape index (κ2) is 8.57. The minimum Gasteiger partial charge on any atom is -0.352 e. The van der Waals surface area contributed by atoms with E-state index in [1.807, 2.05) is 23.1 Å². The molecule has 1 N–H and O–H groups in total. The number of carbonyl (C=O) groups excluding carboxylic acids is 2. The van der Waals surface area contributed by atoms with E-state index in [1.165, 1.54) is 12.8 Å². The molecule has 1 aromatic rings. The van der Waals surface area contributed by atoms with E-state index < -0.39 is 0 Å². The van der Waals surface area contributed by atoms with Crippen molar-refractivity contribution in [1.82, 2.24) is 10.2 Å². The van der Waals surface area contributed by atoms with E-state index in [2.05, 4.69) is 12.2 Å². The van der Waals surface area contributed by atoms with Gasteiger partial charge in [-0.1, -0.05) is 25.1 Å². The molecule has 4 nitrogen and oxygen atoms in total. The second-order valence-electron chi connectivity index (χ2n) is 6.01. The summed E-state index contributed by atoms with van der Waals surface area (Å²) in [5.74, 6) is 0.882. The molecule has 1 aromatic carbocycles. The van der Waals surface area contributed by atoms with Crippen molar-refractivity contribution in [3.8, 4) is 0 Å². The van der Waals surface area contributed by atoms with Crippen molar-refractivity contribution in [3.05, 3.63) is 35.9 Å². The Morgan fingerprint density at radius 3 is 2.59 bits per heavy atom. The SMILES string of the molecule is CCCN(CC1CC1)C(=O)CCCNC(=O)c1ccccc1. The van der Waals surface area contributed by atoms with Crippen LogP contribution in [0.25, 0.3) is 0 Å². The number of hydrogen-bond donors (Lipinski definition) is 1. The van der Waals surface area contributed by atoms with Gasteiger partial charge in [-0.15, -0.1) is 0 Å². The van der Waals surface area contributed by atoms with Crippen LogP contribution in [-0.2, 0) is 4.79 Å². The Hall–Kier alpha value is -1.84. The Morgan fingerprint density at radius 2 is 1.95 bits per heavy atom. The van der Waals surface area contributed by atoms with Gasteiger partial charge in [-0.25, -0.2) is 0 Å². The minimum absolute atomic E-state index is 0.0727. The molecule has 0 aliphatic heterocycles. The van der Waals surface area contributed by atoms with Gasteiger partial charge in [0, 0.05) is 31.6 Å². The first-order valence-electron chi connectivity index (χ1n) is 8.31. The van der Waals surface area contributed by atoms with Gasteiger partial charge in [-0.3, -0.25) is 9.59 Å². The highest BCUT2D eigenvalue weighted by atomic mass is 16.2. The summed E-state index contributed by atoms with van der Waals surface area (Å²) in [6.45, 7) is 4.42. The highest BCUT2D eigenvalue weighted by Crippen LogP contribution is 2.29. The van der Waals surface area contributed by atoms with Crippen LogP contribution in [0, 0.1) is 5.92 Å². The van der Waals surface area contributed by atoms with Gasteiger partial charge in [0.2, 0.25) is 5.91 Å². The molecule has 1 saturated carbocycles. The van der Waals surface area contributed by atoms with E-state index in [0.29, 0.717) is 24.9 Å². The fourth-order valence-corrected chi connectivity index (χ4v) is 2.49. The average Bonchev–Trinajstić information content (AvgIpc) is 3.35. The summed E-state index contributed by atoms with van der Waals surface area (Å²) in [5, 5.41) is 2.87. The van der Waals surface area contributed by atoms with Crippen LogP contribution in [0.5, 0.6) is 0 Å². The van der Waals surface area contributed by atoms with Crippen molar-refractivity contribution in [3.63, 3.8) is 0 Å². The summed E-state index contributed by atoms with van der Waals surface area (Å²) in [4.78, 5) is 26.1. The largest absolute Gasteiger partial charge is 0.352 e. The maximum Gasteiger partial charge on any atom is 0.251 e. The number of nitrogens with one attached hydrogen (secondary N) is 1. The van der Waals surface area contributed by atoms with Crippen molar-refractivity contribution in [2.45, 2.75) is 39.0 Å². The molecule has 0 unspecified atom stereocenters. The van der Waals surface area contributed by atoms with Crippen molar-refractivity contribution in [1.29, 1.82) is 0 Å². The topological polar surface area (TPSA) is 49.4 Å². The van der Waals surface area contributed by atoms with Crippen LogP contribution < -0.4 is 5.32 Å². The van der Waals surface area contributed by atoms with E-state index in [1.54, 1.807) is 12.1 Å². The molecular formula is C18H26N2O2. The zero-order chi connectivity index (χ0) is 15.8. The molecule has 0 aromatic heterocycles. The Labute approximate surface area is 132 Å². The molecule has 2 rings (SSSR count). The number of nitrogens with zero attached hydrogens (tertiary/aromatic N) is 1. The first kappa shape index (κ1) is 16.5. The maximum atomic E-state index is 12.2. The first-order chi connectivity index (χ1) is 10.7. The highest BCUT2D eigenvalue weighted by Gasteiger charge is 2.25. The van der Waals surface area contributed by atoms with Crippen molar-refractivity contribution in [2.24, 2.45) is 5.92 Å². The summed E-state index contributed by atoms with van der Waals surface area (Å²) in [6, 6.07) is 9.16. The third kappa shape index (κ3) is 5.51. The quantitative estimate of drug-likeness (QED) is 0.713. The number of rotatable bonds is 9. The van der Waals surface area contributed by atoms with E-state index in [9.17, 15) is 9.59 Å². The summed E-state index contributed by atoms with van der Waals surface area (Å²) in [5.41, 5.74) is 0.662. The van der Waals surface area contributed by atoms with Gasteiger partial charge in [0.05, 0.1) is 0 Å². The van der Waals surface area contributed by atoms with Crippen LogP contribution in [0.15, 0.2) is 30.3 Å². The molecule has 0 radical (unpaired) electrons. The summed E-state index contributed by atoms with van der Waals surface area (Å²) < 4.78 is 0. The fourth-order valence-electron chi connectivity index (χ4n) is 2.49. The van der Waals surface area contributed by atoms with Crippen molar-refractivity contribution in [2.75, 3.05) is 19.6 Å². The Balaban J connectivity index is 1.66. The third-order valence-electron chi connectivity index (χ3n) is 3.91. The number of hydrogen-bond acceptors (Lipinski definition) is 2. The minimum atomic E-state index is -0.0727. The first-order valence-corrected chi connectivity index (χ1v) is 8.31. The maximum absolute atomic E-state index is 12.2. The number of amides is 2. The Kier molecular flexibility index (Phi) is 6.44. The summed E-state index contributed by atoms with van der Waals surface area (Å²) in [6.07, 6.45) is 4.74. The van der Waals surface area contributed by atoms with Gasteiger partial charge in [0.1, 0.15) is 0 Å². The molecular weight excluding hydrogens is 276 g/mol. The molecule has 1 fully saturated rings. The summed E-state index contributed by atoms with van der Waals surface area (Å²) >= 11 is 0. The second-order valence-corrected chi connectivity index (χ2v) is 6.01. The number of carbonyl (C=O) groups is 2. The van der Waals surface area contributed by atoms with Gasteiger partial charge in [-0.2, -0.15) is 0 Å². The lowest BCUT2D eigenvalue weighted by atomic mass is 10.2. The number of benzene rings is 1. The van der Waals surface area contributed by atoms with E-state index in [4.69, 9.17) is 0 Å². The van der Waals surface area contributed by atoms with Crippen LogP contribution >= 0.6 is 0 Å². The zero-order valence-corrected chi connectivity index (χ0v) is 13.4. The van der Waals surface area contributed by atoms with E-state index in [0.717, 1.165) is 25.4 Å². The predicted molar refractivity (Wildman–Crippen MR) is 87.6 cm³/mol. The van der Waals surface area contributed by atoms with Crippen molar-refractivity contribution < 1.29 is 9.59 Å². The smallest absolute Gasteiger partial charge is 0.251 e. The predicted octanol–water partition coefficient (Wildman–Crippen LogP) is 2.85. The highest BCUT2D eigenvalue weighted by molar-refractivity contribution is 5.94. The van der Waals surface area contributed by atoms with E-state index >= 15 is 0 Å². The monoisotopic (exact) mass is 302 g/mol. The standard InChI is InChI=1S/C18H26N2O2/c1-2-13-20(14-15-10-11-15)17(21)9-6-12-19-18(22)16-7-4-3-5-8-16/h3-5,7-8,15H,2,6,9-14H2,1H3,(H,19,22). The van der Waals surface area contributed by atoms with Gasteiger partial charge in [0.25, 0.3) is 5.91 Å². The normalized spacial score (nSPS) is 13.7. The van der Waals surface area contributed by atoms with Crippen molar-refractivity contribution >= 4 is 11.8 Å². The molecule has 1 aliphatic rings. The van der Waals surface area contributed by atoms with Crippen LogP contribution in [0.3, 0.4) is 0 Å². The van der Waals surface area contributed by atoms with Gasteiger partial charge in [0.15, 0.2) is 0 Å². The molecule has 0 saturated heterocycles. The zero-order valence-electron chi connectivity index (χ0n) is 13.4. The molecule has 0 heterocycles. The van der Waals surface area contributed by atoms with Crippen LogP contribution in [0.2, 0.25) is 0 Å². The van der Waals surface area contributed by atoms with Gasteiger partial charge < -0.3 is 10.2 Å². The van der Waals surface area contributed by atoms with Gasteiger partial charge >= 0.3 is 0 Å². The van der Waals surface area contributed by atoms with Gasteiger partial charge in [-0.05, 0) is 43.7 Å². The molecule has 120 valence electrons. The molecule has 0 spiro atoms. The lowest BCUT2D eigenvalue weighted by molar-refractivity contribution is -0.131. The molecule has 2 amide bonds. The fraction of sp³-hybridized carbons (Fsp3) is 0.556. The summed E-state index contributed by atoms with van der Waals surface area (Å²) in [7, 11) is 0. The Bertz CT molecular complexity index is 483. The third-order valence-corrected chi connectivity index (χ3v) is 3.91. The van der Waals surface area contributed by atoms with E-state index in [-0.39, 0.29) is 11.8 Å².